The van der Waals surface area contributed by atoms with E-state index < -0.39 is 10.8 Å². The average molecular weight is 1070 g/mol. The van der Waals surface area contributed by atoms with Gasteiger partial charge in [0, 0.05) is 119 Å². The van der Waals surface area contributed by atoms with Crippen LogP contribution in [0.3, 0.4) is 0 Å². The van der Waals surface area contributed by atoms with Gasteiger partial charge in [-0.3, -0.25) is 4.79 Å². The second-order valence-electron chi connectivity index (χ2n) is 20.8. The summed E-state index contributed by atoms with van der Waals surface area (Å²) in [7, 11) is 8.45. The van der Waals surface area contributed by atoms with Crippen molar-refractivity contribution in [1.82, 2.24) is 4.57 Å². The number of methoxy groups -OCH3 is 5. The van der Waals surface area contributed by atoms with Crippen LogP contribution in [0, 0.1) is 5.92 Å². The molecule has 0 bridgehead atoms. The van der Waals surface area contributed by atoms with Crippen LogP contribution in [-0.4, -0.2) is 152 Å². The maximum Gasteiger partial charge on any atom is 0.150 e. The Balaban J connectivity index is 1.12. The van der Waals surface area contributed by atoms with Crippen molar-refractivity contribution < 1.29 is 57.0 Å². The molecule has 0 saturated heterocycles. The summed E-state index contributed by atoms with van der Waals surface area (Å²) in [6.45, 7) is 8.50. The minimum atomic E-state index is -0.445. The van der Waals surface area contributed by atoms with Crippen molar-refractivity contribution in [2.24, 2.45) is 5.92 Å². The van der Waals surface area contributed by atoms with E-state index in [1.807, 2.05) is 6.07 Å². The maximum atomic E-state index is 12.4. The molecule has 4 aliphatic rings. The molecule has 0 aliphatic heterocycles. The molecule has 0 spiro atoms. The number of rotatable bonds is 34. The van der Waals surface area contributed by atoms with Gasteiger partial charge in [0.2, 0.25) is 0 Å². The van der Waals surface area contributed by atoms with E-state index in [-0.39, 0.29) is 11.8 Å². The van der Waals surface area contributed by atoms with Gasteiger partial charge in [-0.1, -0.05) is 66.3 Å². The minimum Gasteiger partial charge on any atom is -0.382 e. The van der Waals surface area contributed by atoms with Gasteiger partial charge < -0.3 is 56.7 Å². The Morgan fingerprint density at radius 3 is 1.69 bits per heavy atom. The highest BCUT2D eigenvalue weighted by molar-refractivity contribution is 6.10. The highest BCUT2D eigenvalue weighted by atomic mass is 16.5. The molecule has 0 amide bonds. The molecule has 4 aromatic carbocycles. The highest BCUT2D eigenvalue weighted by Crippen LogP contribution is 2.58. The van der Waals surface area contributed by atoms with Crippen LogP contribution >= 0.6 is 0 Å². The predicted molar refractivity (Wildman–Crippen MR) is 306 cm³/mol. The Hall–Kier alpha value is -5.42. The van der Waals surface area contributed by atoms with E-state index in [0.717, 1.165) is 72.4 Å². The number of nitrogens with zero attached hydrogens (tertiary/aromatic N) is 1. The van der Waals surface area contributed by atoms with E-state index in [1.165, 1.54) is 55.3 Å². The highest BCUT2D eigenvalue weighted by Gasteiger charge is 2.47. The molecule has 0 fully saturated rings. The van der Waals surface area contributed by atoms with Gasteiger partial charge in [0.05, 0.1) is 72.7 Å². The van der Waals surface area contributed by atoms with E-state index >= 15 is 0 Å². The Morgan fingerprint density at radius 1 is 0.551 bits per heavy atom. The van der Waals surface area contributed by atoms with Crippen molar-refractivity contribution in [3.05, 3.63) is 142 Å². The lowest BCUT2D eigenvalue weighted by Gasteiger charge is -2.36. The van der Waals surface area contributed by atoms with E-state index in [9.17, 15) is 9.59 Å². The predicted octanol–water partition coefficient (Wildman–Crippen LogP) is 10.7. The summed E-state index contributed by atoms with van der Waals surface area (Å²) in [5.74, 6) is -0.104. The smallest absolute Gasteiger partial charge is 0.150 e. The number of hydrogen-bond acceptors (Lipinski definition) is 12. The van der Waals surface area contributed by atoms with Crippen LogP contribution in [0.5, 0.6) is 0 Å². The Bertz CT molecular complexity index is 2950. The van der Waals surface area contributed by atoms with Crippen LogP contribution in [0.25, 0.3) is 44.1 Å². The molecular weight excluding hydrogens is 987 g/mol. The third-order valence-corrected chi connectivity index (χ3v) is 16.5. The van der Waals surface area contributed by atoms with Gasteiger partial charge in [-0.05, 0) is 131 Å². The average Bonchev–Trinajstić information content (AvgIpc) is 4.08. The summed E-state index contributed by atoms with van der Waals surface area (Å²) in [5.41, 5.74) is 15.3. The third-order valence-electron chi connectivity index (χ3n) is 16.5. The van der Waals surface area contributed by atoms with Gasteiger partial charge in [0.15, 0.2) is 0 Å². The first-order valence-electron chi connectivity index (χ1n) is 27.8. The van der Waals surface area contributed by atoms with Crippen molar-refractivity contribution in [3.63, 3.8) is 0 Å². The number of aldehydes is 2. The SMILES string of the molecule is COCCOCCn1c2ccc(-c3ccc4c(c3)C(CCOCCOC)(CCOCCOC)C3=C4C=CC(C=O)C3)cc2c2cc(C3C=C4C(=CC3)c3ccc(C=O)cc3C4(CCOCCOC)CCOCCOC)ccc21. The van der Waals surface area contributed by atoms with Crippen LogP contribution in [0.4, 0.5) is 0 Å². The molecule has 2 unspecified atom stereocenters. The second-order valence-corrected chi connectivity index (χ2v) is 20.8. The molecule has 13 heteroatoms. The molecule has 5 aromatic rings. The zero-order chi connectivity index (χ0) is 54.3. The van der Waals surface area contributed by atoms with Crippen molar-refractivity contribution in [2.75, 3.05) is 135 Å². The normalized spacial score (nSPS) is 17.8. The lowest BCUT2D eigenvalue weighted by Crippen LogP contribution is -2.32. The number of allylic oxidation sites excluding steroid dienone is 8. The molecule has 2 atom stereocenters. The number of carbonyl (C=O) groups is 2. The molecule has 0 saturated carbocycles. The molecule has 0 N–H and O–H groups in total. The van der Waals surface area contributed by atoms with Crippen molar-refractivity contribution in [2.45, 2.75) is 61.8 Å². The minimum absolute atomic E-state index is 0.0864. The summed E-state index contributed by atoms with van der Waals surface area (Å²) in [5, 5.41) is 2.36. The number of benzene rings is 4. The van der Waals surface area contributed by atoms with Gasteiger partial charge in [-0.2, -0.15) is 0 Å². The first-order valence-corrected chi connectivity index (χ1v) is 27.8. The lowest BCUT2D eigenvalue weighted by atomic mass is 9.69. The lowest BCUT2D eigenvalue weighted by molar-refractivity contribution is -0.109. The zero-order valence-electron chi connectivity index (χ0n) is 46.4. The van der Waals surface area contributed by atoms with Gasteiger partial charge >= 0.3 is 0 Å². The zero-order valence-corrected chi connectivity index (χ0v) is 46.4. The number of aromatic nitrogens is 1. The standard InChI is InChI=1S/C65H79NO12/c1-69-28-33-74-23-18-64(19-24-75-34-29-70-2)58-38-46(44-67)6-12-52(58)54-14-8-50(42-60(54)64)48-10-16-62-56(40-48)57-41-49(11-17-63(57)66(62)22-27-78-37-32-73-5)51-9-15-55-53-13-7-47(45-68)39-59(53)65(61(55)43-51,20-25-76-35-30-71-3)21-26-77-36-31-72-4/h6-8,10-17,39-46,51H,9,18-38H2,1-5H3. The van der Waals surface area contributed by atoms with E-state index in [2.05, 4.69) is 95.6 Å². The summed E-state index contributed by atoms with van der Waals surface area (Å²) >= 11 is 0. The van der Waals surface area contributed by atoms with Gasteiger partial charge in [0.1, 0.15) is 12.6 Å². The van der Waals surface area contributed by atoms with Gasteiger partial charge in [0.25, 0.3) is 0 Å². The second kappa shape index (κ2) is 27.6. The quantitative estimate of drug-likeness (QED) is 0.0287. The number of fused-ring (bicyclic) bond motifs is 8. The molecule has 4 aliphatic carbocycles. The summed E-state index contributed by atoms with van der Waals surface area (Å²) in [4.78, 5) is 24.8. The molecule has 9 rings (SSSR count). The molecule has 78 heavy (non-hydrogen) atoms. The first-order chi connectivity index (χ1) is 38.4. The summed E-state index contributed by atoms with van der Waals surface area (Å²) in [6, 6.07) is 27.0. The molecule has 1 heterocycles. The van der Waals surface area contributed by atoms with Crippen LogP contribution in [0.15, 0.2) is 108 Å². The molecular formula is C65H79NO12. The monoisotopic (exact) mass is 1070 g/mol. The number of hydrogen-bond donors (Lipinski definition) is 0. The summed E-state index contributed by atoms with van der Waals surface area (Å²) in [6.07, 6.45) is 15.6. The fourth-order valence-corrected chi connectivity index (χ4v) is 12.6. The Kier molecular flexibility index (Phi) is 20.3. The maximum absolute atomic E-state index is 12.4. The summed E-state index contributed by atoms with van der Waals surface area (Å²) < 4.78 is 60.0. The van der Waals surface area contributed by atoms with Crippen LogP contribution < -0.4 is 0 Å². The molecule has 1 aromatic heterocycles. The third kappa shape index (κ3) is 12.2. The molecule has 0 radical (unpaired) electrons. The van der Waals surface area contributed by atoms with E-state index in [1.54, 1.807) is 35.5 Å². The molecule has 13 nitrogen and oxygen atoms in total. The van der Waals surface area contributed by atoms with Crippen molar-refractivity contribution in [1.29, 1.82) is 0 Å². The van der Waals surface area contributed by atoms with E-state index in [0.29, 0.717) is 118 Å². The Labute approximate surface area is 460 Å². The topological polar surface area (TPSA) is 131 Å². The van der Waals surface area contributed by atoms with Gasteiger partial charge in [-0.25, -0.2) is 0 Å². The van der Waals surface area contributed by atoms with Crippen molar-refractivity contribution in [3.8, 4) is 11.1 Å². The number of carbonyl (C=O) groups excluding carboxylic acids is 2. The fraction of sp³-hybridized carbons (Fsp3) is 0.477. The van der Waals surface area contributed by atoms with Crippen LogP contribution in [0.1, 0.15) is 82.6 Å². The van der Waals surface area contributed by atoms with Crippen molar-refractivity contribution >= 4 is 45.5 Å². The fourth-order valence-electron chi connectivity index (χ4n) is 12.6. The van der Waals surface area contributed by atoms with E-state index in [4.69, 9.17) is 47.4 Å². The van der Waals surface area contributed by atoms with Crippen LogP contribution in [-0.2, 0) is 69.5 Å². The number of ether oxygens (including phenoxy) is 10. The largest absolute Gasteiger partial charge is 0.382 e. The van der Waals surface area contributed by atoms with Crippen LogP contribution in [0.2, 0.25) is 0 Å². The Morgan fingerprint density at radius 2 is 1.09 bits per heavy atom. The molecule has 416 valence electrons. The van der Waals surface area contributed by atoms with Gasteiger partial charge in [-0.15, -0.1) is 0 Å². The first kappa shape index (κ1) is 57.3.